The third-order valence-electron chi connectivity index (χ3n) is 2.99. The van der Waals surface area contributed by atoms with Crippen molar-refractivity contribution < 1.29 is 9.53 Å². The molecule has 2 N–H and O–H groups in total. The minimum absolute atomic E-state index is 0.194. The summed E-state index contributed by atoms with van der Waals surface area (Å²) in [5.74, 6) is -0.434. The van der Waals surface area contributed by atoms with Crippen LogP contribution < -0.4 is 10.6 Å². The lowest BCUT2D eigenvalue weighted by Crippen LogP contribution is -2.34. The predicted octanol–water partition coefficient (Wildman–Crippen LogP) is 4.55. The van der Waals surface area contributed by atoms with E-state index in [1.807, 2.05) is 37.4 Å². The number of nitrogens with one attached hydrogen (secondary N) is 2. The van der Waals surface area contributed by atoms with Crippen molar-refractivity contribution in [2.45, 2.75) is 19.9 Å². The second kappa shape index (κ2) is 7.77. The Kier molecular flexibility index (Phi) is 5.98. The Balaban J connectivity index is 2.44. The van der Waals surface area contributed by atoms with Crippen molar-refractivity contribution >= 4 is 51.2 Å². The van der Waals surface area contributed by atoms with E-state index in [1.54, 1.807) is 6.07 Å². The van der Waals surface area contributed by atoms with Crippen LogP contribution in [0.25, 0.3) is 11.1 Å². The van der Waals surface area contributed by atoms with Gasteiger partial charge in [0.05, 0.1) is 7.11 Å². The lowest BCUT2D eigenvalue weighted by atomic mass is 10.0. The van der Waals surface area contributed by atoms with Gasteiger partial charge in [-0.25, -0.2) is 4.79 Å². The molecule has 0 aliphatic carbocycles. The number of esters is 1. The summed E-state index contributed by atoms with van der Waals surface area (Å²) in [7, 11) is 1.35. The highest BCUT2D eigenvalue weighted by atomic mass is 35.5. The smallest absolute Gasteiger partial charge is 0.341 e. The van der Waals surface area contributed by atoms with Crippen LogP contribution in [-0.2, 0) is 4.74 Å². The van der Waals surface area contributed by atoms with E-state index in [0.29, 0.717) is 20.7 Å². The maximum Gasteiger partial charge on any atom is 0.341 e. The molecule has 0 spiro atoms. The van der Waals surface area contributed by atoms with Gasteiger partial charge in [0.2, 0.25) is 0 Å². The highest BCUT2D eigenvalue weighted by Gasteiger charge is 2.22. The molecule has 1 heterocycles. The lowest BCUT2D eigenvalue weighted by Gasteiger charge is -2.13. The normalized spacial score (nSPS) is 10.5. The SMILES string of the molecule is COC(=O)c1c(-c2ccccc2Cl)csc1NC(=S)NC(C)C. The summed E-state index contributed by atoms with van der Waals surface area (Å²) < 4.78 is 4.92. The zero-order chi connectivity index (χ0) is 17.0. The molecule has 0 radical (unpaired) electrons. The second-order valence-electron chi connectivity index (χ2n) is 5.08. The molecular weight excluding hydrogens is 352 g/mol. The third-order valence-corrected chi connectivity index (χ3v) is 4.44. The van der Waals surface area contributed by atoms with Gasteiger partial charge in [-0.2, -0.15) is 0 Å². The minimum atomic E-state index is -0.434. The first-order valence-corrected chi connectivity index (χ1v) is 8.62. The van der Waals surface area contributed by atoms with Crippen molar-refractivity contribution in [2.75, 3.05) is 12.4 Å². The largest absolute Gasteiger partial charge is 0.465 e. The van der Waals surface area contributed by atoms with E-state index in [1.165, 1.54) is 18.4 Å². The molecule has 0 bridgehead atoms. The molecule has 23 heavy (non-hydrogen) atoms. The first-order valence-electron chi connectivity index (χ1n) is 6.96. The van der Waals surface area contributed by atoms with E-state index in [9.17, 15) is 4.79 Å². The van der Waals surface area contributed by atoms with Gasteiger partial charge in [0.15, 0.2) is 5.11 Å². The van der Waals surface area contributed by atoms with Crippen LogP contribution in [-0.4, -0.2) is 24.2 Å². The van der Waals surface area contributed by atoms with Crippen LogP contribution in [0.3, 0.4) is 0 Å². The molecule has 0 atom stereocenters. The molecule has 122 valence electrons. The van der Waals surface area contributed by atoms with Crippen LogP contribution in [0.5, 0.6) is 0 Å². The molecule has 0 aliphatic rings. The van der Waals surface area contributed by atoms with Crippen molar-refractivity contribution in [1.29, 1.82) is 0 Å². The quantitative estimate of drug-likeness (QED) is 0.612. The number of thiocarbonyl (C=S) groups is 1. The minimum Gasteiger partial charge on any atom is -0.465 e. The van der Waals surface area contributed by atoms with Crippen molar-refractivity contribution in [3.8, 4) is 11.1 Å². The molecular formula is C16H17ClN2O2S2. The van der Waals surface area contributed by atoms with Crippen molar-refractivity contribution in [3.05, 3.63) is 40.2 Å². The predicted molar refractivity (Wildman–Crippen MR) is 101 cm³/mol. The molecule has 0 amide bonds. The van der Waals surface area contributed by atoms with E-state index < -0.39 is 5.97 Å². The Hall–Kier alpha value is -1.63. The van der Waals surface area contributed by atoms with Gasteiger partial charge in [-0.1, -0.05) is 29.8 Å². The number of anilines is 1. The van der Waals surface area contributed by atoms with E-state index in [-0.39, 0.29) is 6.04 Å². The van der Waals surface area contributed by atoms with E-state index >= 15 is 0 Å². The maximum atomic E-state index is 12.2. The molecule has 0 saturated carbocycles. The summed E-state index contributed by atoms with van der Waals surface area (Å²) in [5, 5.41) is 9.67. The van der Waals surface area contributed by atoms with E-state index in [0.717, 1.165) is 11.1 Å². The Morgan fingerprint density at radius 1 is 1.30 bits per heavy atom. The molecule has 2 aromatic rings. The van der Waals surface area contributed by atoms with Crippen LogP contribution in [0.15, 0.2) is 29.6 Å². The molecule has 7 heteroatoms. The van der Waals surface area contributed by atoms with E-state index in [2.05, 4.69) is 10.6 Å². The summed E-state index contributed by atoms with van der Waals surface area (Å²) in [6.07, 6.45) is 0. The number of thiophene rings is 1. The number of methoxy groups -OCH3 is 1. The summed E-state index contributed by atoms with van der Waals surface area (Å²) in [4.78, 5) is 12.2. The lowest BCUT2D eigenvalue weighted by molar-refractivity contribution is 0.0603. The van der Waals surface area contributed by atoms with Gasteiger partial charge in [-0.3, -0.25) is 0 Å². The highest BCUT2D eigenvalue weighted by Crippen LogP contribution is 2.38. The fourth-order valence-electron chi connectivity index (χ4n) is 2.03. The standard InChI is InChI=1S/C16H17ClN2O2S2/c1-9(2)18-16(22)19-14-13(15(20)21-3)11(8-23-14)10-6-4-5-7-12(10)17/h4-9H,1-3H3,(H2,18,19,22). The fourth-order valence-corrected chi connectivity index (χ4v) is 3.63. The Morgan fingerprint density at radius 2 is 2.00 bits per heavy atom. The number of hydrogen-bond acceptors (Lipinski definition) is 4. The molecule has 1 aromatic carbocycles. The average Bonchev–Trinajstić information content (AvgIpc) is 2.89. The first-order chi connectivity index (χ1) is 10.9. The van der Waals surface area contributed by atoms with Crippen LogP contribution >= 0.6 is 35.2 Å². The van der Waals surface area contributed by atoms with Crippen molar-refractivity contribution in [2.24, 2.45) is 0 Å². The molecule has 0 fully saturated rings. The summed E-state index contributed by atoms with van der Waals surface area (Å²) in [6, 6.07) is 7.56. The van der Waals surface area contributed by atoms with Gasteiger partial charge in [0.1, 0.15) is 10.6 Å². The maximum absolute atomic E-state index is 12.2. The Labute approximate surface area is 149 Å². The average molecular weight is 369 g/mol. The number of carbonyl (C=O) groups excluding carboxylic acids is 1. The topological polar surface area (TPSA) is 50.4 Å². The number of carbonyl (C=O) groups is 1. The molecule has 0 unspecified atom stereocenters. The highest BCUT2D eigenvalue weighted by molar-refractivity contribution is 7.80. The van der Waals surface area contributed by atoms with E-state index in [4.69, 9.17) is 28.6 Å². The monoisotopic (exact) mass is 368 g/mol. The van der Waals surface area contributed by atoms with Crippen molar-refractivity contribution in [3.63, 3.8) is 0 Å². The van der Waals surface area contributed by atoms with Gasteiger partial charge >= 0.3 is 5.97 Å². The van der Waals surface area contributed by atoms with Crippen LogP contribution in [0.1, 0.15) is 24.2 Å². The van der Waals surface area contributed by atoms with Crippen LogP contribution in [0.4, 0.5) is 5.00 Å². The summed E-state index contributed by atoms with van der Waals surface area (Å²) >= 11 is 12.9. The summed E-state index contributed by atoms with van der Waals surface area (Å²) in [5.41, 5.74) is 1.93. The van der Waals surface area contributed by atoms with Gasteiger partial charge in [-0.05, 0) is 32.1 Å². The first kappa shape index (κ1) is 17.7. The zero-order valence-corrected chi connectivity index (χ0v) is 15.4. The third kappa shape index (κ3) is 4.22. The molecule has 1 aromatic heterocycles. The fraction of sp³-hybridized carbons (Fsp3) is 0.250. The number of hydrogen-bond donors (Lipinski definition) is 2. The van der Waals surface area contributed by atoms with Crippen LogP contribution in [0.2, 0.25) is 5.02 Å². The molecule has 2 rings (SSSR count). The van der Waals surface area contributed by atoms with Crippen LogP contribution in [0, 0.1) is 0 Å². The second-order valence-corrected chi connectivity index (χ2v) is 6.77. The van der Waals surface area contributed by atoms with Gasteiger partial charge in [0.25, 0.3) is 0 Å². The molecule has 0 saturated heterocycles. The van der Waals surface area contributed by atoms with Gasteiger partial charge < -0.3 is 15.4 Å². The summed E-state index contributed by atoms with van der Waals surface area (Å²) in [6.45, 7) is 3.97. The van der Waals surface area contributed by atoms with Gasteiger partial charge in [-0.15, -0.1) is 11.3 Å². The molecule has 0 aliphatic heterocycles. The zero-order valence-electron chi connectivity index (χ0n) is 13.0. The number of rotatable bonds is 4. The Morgan fingerprint density at radius 3 is 2.61 bits per heavy atom. The number of halogens is 1. The van der Waals surface area contributed by atoms with Crippen molar-refractivity contribution in [1.82, 2.24) is 5.32 Å². The van der Waals surface area contributed by atoms with Gasteiger partial charge in [0, 0.05) is 27.6 Å². The Bertz CT molecular complexity index is 729. The number of ether oxygens (including phenoxy) is 1. The number of benzene rings is 1. The molecule has 4 nitrogen and oxygen atoms in total.